The first-order chi connectivity index (χ1) is 8.69. The Hall–Kier alpha value is -1.62. The summed E-state index contributed by atoms with van der Waals surface area (Å²) in [5, 5.41) is 0. The number of morpholine rings is 1. The van der Waals surface area contributed by atoms with Crippen LogP contribution in [0.25, 0.3) is 0 Å². The maximum atomic E-state index is 12.5. The molecule has 0 aromatic carbocycles. The number of nitrogen functional groups attached to an aromatic ring is 1. The van der Waals surface area contributed by atoms with Crippen LogP contribution in [0.2, 0.25) is 0 Å². The van der Waals surface area contributed by atoms with Gasteiger partial charge >= 0.3 is 0 Å². The van der Waals surface area contributed by atoms with E-state index in [-0.39, 0.29) is 17.1 Å². The molecular formula is C14H21N3O2. The molecule has 5 nitrogen and oxygen atoms in total. The Morgan fingerprint density at radius 2 is 1.84 bits per heavy atom. The van der Waals surface area contributed by atoms with Gasteiger partial charge in [0.15, 0.2) is 0 Å². The van der Waals surface area contributed by atoms with E-state index in [4.69, 9.17) is 10.5 Å². The van der Waals surface area contributed by atoms with E-state index in [9.17, 15) is 4.79 Å². The van der Waals surface area contributed by atoms with Crippen LogP contribution in [0, 0.1) is 0 Å². The van der Waals surface area contributed by atoms with Gasteiger partial charge in [0.25, 0.3) is 5.91 Å². The maximum absolute atomic E-state index is 12.5. The molecule has 5 heteroatoms. The molecule has 1 saturated heterocycles. The molecule has 2 N–H and O–H groups in total. The Bertz CT molecular complexity index is 464. The lowest BCUT2D eigenvalue weighted by molar-refractivity contribution is -0.171. The molecule has 1 aliphatic rings. The molecule has 2 heterocycles. The second kappa shape index (κ2) is 4.49. The van der Waals surface area contributed by atoms with Gasteiger partial charge in [0.2, 0.25) is 0 Å². The normalized spacial score (nSPS) is 21.2. The minimum Gasteiger partial charge on any atom is -0.397 e. The van der Waals surface area contributed by atoms with E-state index in [0.29, 0.717) is 24.5 Å². The fraction of sp³-hybridized carbons (Fsp3) is 0.571. The second-order valence-electron chi connectivity index (χ2n) is 6.26. The number of carbonyl (C=O) groups is 1. The molecule has 0 aliphatic carbocycles. The van der Waals surface area contributed by atoms with Crippen molar-refractivity contribution in [3.63, 3.8) is 0 Å². The van der Waals surface area contributed by atoms with Gasteiger partial charge in [-0.2, -0.15) is 0 Å². The quantitative estimate of drug-likeness (QED) is 0.837. The van der Waals surface area contributed by atoms with Gasteiger partial charge in [0.1, 0.15) is 5.69 Å². The molecule has 0 bridgehead atoms. The summed E-state index contributed by atoms with van der Waals surface area (Å²) < 4.78 is 5.96. The van der Waals surface area contributed by atoms with E-state index in [1.807, 2.05) is 27.7 Å². The molecule has 0 unspecified atom stereocenters. The molecule has 1 fully saturated rings. The lowest BCUT2D eigenvalue weighted by atomic mass is 9.98. The third-order valence-electron chi connectivity index (χ3n) is 2.99. The van der Waals surface area contributed by atoms with Crippen molar-refractivity contribution >= 4 is 11.6 Å². The standard InChI is InChI=1S/C14H21N3O2/c1-13(2)8-17(9-14(3,4)19-13)12(18)11-6-5-10(15)7-16-11/h5-7H,8-9,15H2,1-4H3. The van der Waals surface area contributed by atoms with Crippen molar-refractivity contribution in [2.24, 2.45) is 0 Å². The molecule has 2 rings (SSSR count). The SMILES string of the molecule is CC1(C)CN(C(=O)c2ccc(N)cn2)CC(C)(C)O1. The largest absolute Gasteiger partial charge is 0.397 e. The molecule has 1 amide bonds. The van der Waals surface area contributed by atoms with Crippen molar-refractivity contribution in [1.29, 1.82) is 0 Å². The Labute approximate surface area is 113 Å². The number of anilines is 1. The van der Waals surface area contributed by atoms with Crippen LogP contribution in [0.5, 0.6) is 0 Å². The Morgan fingerprint density at radius 1 is 1.26 bits per heavy atom. The molecule has 0 atom stereocenters. The minimum atomic E-state index is -0.356. The zero-order valence-electron chi connectivity index (χ0n) is 11.9. The summed E-state index contributed by atoms with van der Waals surface area (Å²) in [5.74, 6) is -0.0792. The highest BCUT2D eigenvalue weighted by molar-refractivity contribution is 5.92. The van der Waals surface area contributed by atoms with E-state index >= 15 is 0 Å². The predicted molar refractivity (Wildman–Crippen MR) is 73.8 cm³/mol. The average molecular weight is 263 g/mol. The van der Waals surface area contributed by atoms with E-state index in [1.54, 1.807) is 17.0 Å². The highest BCUT2D eigenvalue weighted by Gasteiger charge is 2.40. The smallest absolute Gasteiger partial charge is 0.272 e. The summed E-state index contributed by atoms with van der Waals surface area (Å²) in [6, 6.07) is 3.35. The van der Waals surface area contributed by atoms with Gasteiger partial charge in [-0.3, -0.25) is 4.79 Å². The van der Waals surface area contributed by atoms with E-state index in [2.05, 4.69) is 4.98 Å². The van der Waals surface area contributed by atoms with Gasteiger partial charge in [-0.1, -0.05) is 0 Å². The summed E-state index contributed by atoms with van der Waals surface area (Å²) in [6.45, 7) is 9.08. The molecule has 104 valence electrons. The van der Waals surface area contributed by atoms with Crippen LogP contribution in [-0.2, 0) is 4.74 Å². The monoisotopic (exact) mass is 263 g/mol. The Morgan fingerprint density at radius 3 is 2.32 bits per heavy atom. The van der Waals surface area contributed by atoms with Crippen molar-refractivity contribution in [3.05, 3.63) is 24.0 Å². The molecule has 1 aliphatic heterocycles. The van der Waals surface area contributed by atoms with Gasteiger partial charge in [-0.25, -0.2) is 4.98 Å². The van der Waals surface area contributed by atoms with Crippen LogP contribution in [0.4, 0.5) is 5.69 Å². The number of amides is 1. The highest BCUT2D eigenvalue weighted by atomic mass is 16.5. The zero-order chi connectivity index (χ0) is 14.3. The molecule has 0 radical (unpaired) electrons. The van der Waals surface area contributed by atoms with E-state index in [1.165, 1.54) is 6.20 Å². The minimum absolute atomic E-state index is 0.0792. The number of pyridine rings is 1. The fourth-order valence-corrected chi connectivity index (χ4v) is 2.63. The summed E-state index contributed by atoms with van der Waals surface area (Å²) in [4.78, 5) is 18.3. The summed E-state index contributed by atoms with van der Waals surface area (Å²) in [6.07, 6.45) is 1.50. The number of carbonyl (C=O) groups excluding carboxylic acids is 1. The molecular weight excluding hydrogens is 242 g/mol. The first-order valence-corrected chi connectivity index (χ1v) is 6.40. The number of rotatable bonds is 1. The Balaban J connectivity index is 2.21. The van der Waals surface area contributed by atoms with Gasteiger partial charge < -0.3 is 15.4 Å². The van der Waals surface area contributed by atoms with Crippen LogP contribution < -0.4 is 5.73 Å². The van der Waals surface area contributed by atoms with Crippen LogP contribution in [0.15, 0.2) is 18.3 Å². The Kier molecular flexibility index (Phi) is 3.26. The molecule has 1 aromatic rings. The number of nitrogens with two attached hydrogens (primary N) is 1. The highest BCUT2D eigenvalue weighted by Crippen LogP contribution is 2.28. The lowest BCUT2D eigenvalue weighted by Gasteiger charge is -2.47. The van der Waals surface area contributed by atoms with Gasteiger partial charge in [0.05, 0.1) is 23.1 Å². The maximum Gasteiger partial charge on any atom is 0.272 e. The molecule has 0 spiro atoms. The molecule has 19 heavy (non-hydrogen) atoms. The summed E-state index contributed by atoms with van der Waals surface area (Å²) >= 11 is 0. The summed E-state index contributed by atoms with van der Waals surface area (Å²) in [5.41, 5.74) is 5.85. The third kappa shape index (κ3) is 3.23. The van der Waals surface area contributed by atoms with Crippen molar-refractivity contribution in [2.45, 2.75) is 38.9 Å². The number of ether oxygens (including phenoxy) is 1. The molecule has 0 saturated carbocycles. The zero-order valence-corrected chi connectivity index (χ0v) is 11.9. The van der Waals surface area contributed by atoms with Crippen molar-refractivity contribution in [1.82, 2.24) is 9.88 Å². The van der Waals surface area contributed by atoms with Gasteiger partial charge in [-0.15, -0.1) is 0 Å². The molecule has 1 aromatic heterocycles. The first-order valence-electron chi connectivity index (χ1n) is 6.40. The predicted octanol–water partition coefficient (Wildman–Crippen LogP) is 1.69. The average Bonchev–Trinajstić information content (AvgIpc) is 2.25. The number of aromatic nitrogens is 1. The lowest BCUT2D eigenvalue weighted by Crippen LogP contribution is -2.58. The van der Waals surface area contributed by atoms with Crippen LogP contribution in [0.3, 0.4) is 0 Å². The van der Waals surface area contributed by atoms with Gasteiger partial charge in [0, 0.05) is 13.1 Å². The second-order valence-corrected chi connectivity index (χ2v) is 6.26. The van der Waals surface area contributed by atoms with E-state index in [0.717, 1.165) is 0 Å². The number of nitrogens with zero attached hydrogens (tertiary/aromatic N) is 2. The summed E-state index contributed by atoms with van der Waals surface area (Å²) in [7, 11) is 0. The van der Waals surface area contributed by atoms with Crippen molar-refractivity contribution in [2.75, 3.05) is 18.8 Å². The third-order valence-corrected chi connectivity index (χ3v) is 2.99. The van der Waals surface area contributed by atoms with Crippen molar-refractivity contribution < 1.29 is 9.53 Å². The number of hydrogen-bond acceptors (Lipinski definition) is 4. The first kappa shape index (κ1) is 13.8. The van der Waals surface area contributed by atoms with Crippen LogP contribution in [0.1, 0.15) is 38.2 Å². The topological polar surface area (TPSA) is 68.5 Å². The van der Waals surface area contributed by atoms with Crippen molar-refractivity contribution in [3.8, 4) is 0 Å². The van der Waals surface area contributed by atoms with Crippen LogP contribution in [-0.4, -0.2) is 40.1 Å². The van der Waals surface area contributed by atoms with Crippen LogP contribution >= 0.6 is 0 Å². The van der Waals surface area contributed by atoms with E-state index < -0.39 is 0 Å². The number of hydrogen-bond donors (Lipinski definition) is 1. The van der Waals surface area contributed by atoms with Gasteiger partial charge in [-0.05, 0) is 39.8 Å². The fourth-order valence-electron chi connectivity index (χ4n) is 2.63.